The quantitative estimate of drug-likeness (QED) is 0.931. The summed E-state index contributed by atoms with van der Waals surface area (Å²) in [6, 6.07) is 7.44. The molecule has 4 heteroatoms. The van der Waals surface area contributed by atoms with Gasteiger partial charge < -0.3 is 10.0 Å². The summed E-state index contributed by atoms with van der Waals surface area (Å²) in [5.74, 6) is 0.308. The average Bonchev–Trinajstić information content (AvgIpc) is 2.88. The number of hydrogen-bond acceptors (Lipinski definition) is 2. The van der Waals surface area contributed by atoms with E-state index in [0.717, 1.165) is 18.5 Å². The van der Waals surface area contributed by atoms with Crippen molar-refractivity contribution in [3.05, 3.63) is 34.9 Å². The van der Waals surface area contributed by atoms with Crippen molar-refractivity contribution in [3.63, 3.8) is 0 Å². The van der Waals surface area contributed by atoms with E-state index in [1.165, 1.54) is 0 Å². The van der Waals surface area contributed by atoms with Gasteiger partial charge in [0.15, 0.2) is 0 Å². The summed E-state index contributed by atoms with van der Waals surface area (Å²) in [5, 5.41) is 10.3. The Morgan fingerprint density at radius 3 is 2.50 bits per heavy atom. The predicted octanol–water partition coefficient (Wildman–Crippen LogP) is 2.85. The molecule has 1 aliphatic heterocycles. The normalized spacial score (nSPS) is 21.1. The van der Waals surface area contributed by atoms with Crippen LogP contribution in [-0.4, -0.2) is 35.1 Å². The minimum Gasteiger partial charge on any atom is -0.393 e. The monoisotopic (exact) mass is 295 g/mol. The topological polar surface area (TPSA) is 40.5 Å². The highest BCUT2D eigenvalue weighted by Gasteiger charge is 2.37. The Hall–Kier alpha value is -1.06. The molecule has 20 heavy (non-hydrogen) atoms. The summed E-state index contributed by atoms with van der Waals surface area (Å²) in [7, 11) is 0. The lowest BCUT2D eigenvalue weighted by molar-refractivity contribution is -0.135. The van der Waals surface area contributed by atoms with Crippen LogP contribution in [0.1, 0.15) is 32.8 Å². The predicted molar refractivity (Wildman–Crippen MR) is 80.8 cm³/mol. The number of benzene rings is 1. The van der Waals surface area contributed by atoms with Crippen molar-refractivity contribution in [2.45, 2.75) is 38.7 Å². The molecule has 1 fully saturated rings. The minimum atomic E-state index is -0.571. The second-order valence-corrected chi connectivity index (χ2v) is 6.61. The molecule has 110 valence electrons. The Kier molecular flexibility index (Phi) is 4.40. The van der Waals surface area contributed by atoms with Crippen LogP contribution in [-0.2, 0) is 10.2 Å². The molecule has 0 aromatic heterocycles. The van der Waals surface area contributed by atoms with Gasteiger partial charge in [-0.2, -0.15) is 0 Å². The molecule has 0 radical (unpaired) electrons. The van der Waals surface area contributed by atoms with Gasteiger partial charge in [0.2, 0.25) is 5.91 Å². The van der Waals surface area contributed by atoms with Crippen LogP contribution in [0.15, 0.2) is 24.3 Å². The van der Waals surface area contributed by atoms with E-state index in [9.17, 15) is 9.90 Å². The van der Waals surface area contributed by atoms with Crippen molar-refractivity contribution in [3.8, 4) is 0 Å². The summed E-state index contributed by atoms with van der Waals surface area (Å²) >= 11 is 5.90. The van der Waals surface area contributed by atoms with Gasteiger partial charge >= 0.3 is 0 Å². The van der Waals surface area contributed by atoms with Crippen LogP contribution in [0.25, 0.3) is 0 Å². The molecule has 1 aromatic rings. The van der Waals surface area contributed by atoms with Crippen molar-refractivity contribution < 1.29 is 9.90 Å². The lowest BCUT2D eigenvalue weighted by atomic mass is 9.83. The molecule has 1 aromatic carbocycles. The van der Waals surface area contributed by atoms with Gasteiger partial charge in [0, 0.05) is 24.0 Å². The van der Waals surface area contributed by atoms with E-state index in [2.05, 4.69) is 0 Å². The fourth-order valence-corrected chi connectivity index (χ4v) is 2.88. The van der Waals surface area contributed by atoms with E-state index in [0.29, 0.717) is 11.6 Å². The highest BCUT2D eigenvalue weighted by atomic mass is 35.5. The lowest BCUT2D eigenvalue weighted by Gasteiger charge is -2.30. The molecule has 1 amide bonds. The second kappa shape index (κ2) is 5.74. The number of carbonyl (C=O) groups is 1. The summed E-state index contributed by atoms with van der Waals surface area (Å²) < 4.78 is 0. The Labute approximate surface area is 125 Å². The van der Waals surface area contributed by atoms with Crippen LogP contribution in [0.4, 0.5) is 0 Å². The van der Waals surface area contributed by atoms with E-state index >= 15 is 0 Å². The number of nitrogens with zero attached hydrogens (tertiary/aromatic N) is 1. The van der Waals surface area contributed by atoms with Crippen molar-refractivity contribution in [1.29, 1.82) is 0 Å². The third-order valence-electron chi connectivity index (χ3n) is 4.29. The van der Waals surface area contributed by atoms with Crippen LogP contribution in [0, 0.1) is 5.92 Å². The van der Waals surface area contributed by atoms with Crippen LogP contribution in [0.5, 0.6) is 0 Å². The van der Waals surface area contributed by atoms with Gasteiger partial charge in [-0.15, -0.1) is 0 Å². The van der Waals surface area contributed by atoms with Gasteiger partial charge in [0.05, 0.1) is 11.5 Å². The summed E-state index contributed by atoms with van der Waals surface area (Å²) in [6.07, 6.45) is 0.520. The van der Waals surface area contributed by atoms with Crippen molar-refractivity contribution in [2.75, 3.05) is 13.1 Å². The van der Waals surface area contributed by atoms with Crippen molar-refractivity contribution in [2.24, 2.45) is 5.92 Å². The van der Waals surface area contributed by atoms with Crippen LogP contribution >= 0.6 is 11.6 Å². The number of halogens is 1. The standard InChI is InChI=1S/C16H22ClNO2/c1-11(19)12-8-9-18(10-12)15(20)16(2,3)13-4-6-14(17)7-5-13/h4-7,11-12,19H,8-10H2,1-3H3. The largest absolute Gasteiger partial charge is 0.393 e. The molecule has 1 saturated heterocycles. The minimum absolute atomic E-state index is 0.114. The smallest absolute Gasteiger partial charge is 0.232 e. The summed E-state index contributed by atoms with van der Waals surface area (Å²) in [4.78, 5) is 14.6. The Balaban J connectivity index is 2.13. The maximum atomic E-state index is 12.7. The molecule has 0 spiro atoms. The number of aliphatic hydroxyl groups is 1. The number of amides is 1. The number of hydrogen-bond donors (Lipinski definition) is 1. The molecule has 0 bridgehead atoms. The summed E-state index contributed by atoms with van der Waals surface area (Å²) in [5.41, 5.74) is 0.394. The first kappa shape index (κ1) is 15.3. The van der Waals surface area contributed by atoms with Crippen molar-refractivity contribution in [1.82, 2.24) is 4.90 Å². The fraction of sp³-hybridized carbons (Fsp3) is 0.562. The molecule has 0 saturated carbocycles. The van der Waals surface area contributed by atoms with Crippen molar-refractivity contribution >= 4 is 17.5 Å². The van der Waals surface area contributed by atoms with E-state index in [-0.39, 0.29) is 17.9 Å². The second-order valence-electron chi connectivity index (χ2n) is 6.17. The van der Waals surface area contributed by atoms with Gasteiger partial charge in [0.1, 0.15) is 0 Å². The molecular formula is C16H22ClNO2. The third kappa shape index (κ3) is 2.99. The molecule has 0 aliphatic carbocycles. The fourth-order valence-electron chi connectivity index (χ4n) is 2.75. The zero-order chi connectivity index (χ0) is 14.9. The maximum absolute atomic E-state index is 12.7. The highest BCUT2D eigenvalue weighted by molar-refractivity contribution is 6.30. The van der Waals surface area contributed by atoms with Crippen LogP contribution in [0.2, 0.25) is 5.02 Å². The zero-order valence-electron chi connectivity index (χ0n) is 12.3. The van der Waals surface area contributed by atoms with Gasteiger partial charge in [0.25, 0.3) is 0 Å². The van der Waals surface area contributed by atoms with E-state index in [4.69, 9.17) is 11.6 Å². The molecular weight excluding hydrogens is 274 g/mol. The Morgan fingerprint density at radius 1 is 1.40 bits per heavy atom. The number of likely N-dealkylation sites (tertiary alicyclic amines) is 1. The van der Waals surface area contributed by atoms with Gasteiger partial charge in [-0.25, -0.2) is 0 Å². The van der Waals surface area contributed by atoms with Crippen LogP contribution < -0.4 is 0 Å². The molecule has 1 N–H and O–H groups in total. The van der Waals surface area contributed by atoms with E-state index in [1.54, 1.807) is 6.92 Å². The molecule has 2 atom stereocenters. The summed E-state index contributed by atoms with van der Waals surface area (Å²) in [6.45, 7) is 7.05. The lowest BCUT2D eigenvalue weighted by Crippen LogP contribution is -2.42. The van der Waals surface area contributed by atoms with Gasteiger partial charge in [-0.1, -0.05) is 23.7 Å². The molecule has 2 unspecified atom stereocenters. The molecule has 2 rings (SSSR count). The first-order valence-electron chi connectivity index (χ1n) is 7.06. The number of rotatable bonds is 3. The Bertz CT molecular complexity index is 482. The molecule has 3 nitrogen and oxygen atoms in total. The van der Waals surface area contributed by atoms with E-state index in [1.807, 2.05) is 43.0 Å². The van der Waals surface area contributed by atoms with E-state index < -0.39 is 5.41 Å². The number of aliphatic hydroxyl groups excluding tert-OH is 1. The average molecular weight is 296 g/mol. The highest BCUT2D eigenvalue weighted by Crippen LogP contribution is 2.30. The SMILES string of the molecule is CC(O)C1CCN(C(=O)C(C)(C)c2ccc(Cl)cc2)C1. The third-order valence-corrected chi connectivity index (χ3v) is 4.55. The number of carbonyl (C=O) groups excluding carboxylic acids is 1. The van der Waals surface area contributed by atoms with Crippen LogP contribution in [0.3, 0.4) is 0 Å². The molecule has 1 aliphatic rings. The zero-order valence-corrected chi connectivity index (χ0v) is 13.0. The molecule has 1 heterocycles. The van der Waals surface area contributed by atoms with Gasteiger partial charge in [-0.05, 0) is 44.9 Å². The first-order chi connectivity index (χ1) is 9.32. The maximum Gasteiger partial charge on any atom is 0.232 e. The van der Waals surface area contributed by atoms with Gasteiger partial charge in [-0.3, -0.25) is 4.79 Å². The first-order valence-corrected chi connectivity index (χ1v) is 7.43. The Morgan fingerprint density at radius 2 is 2.00 bits per heavy atom.